The average molecular weight is 249 g/mol. The Morgan fingerprint density at radius 3 is 2.50 bits per heavy atom. The number of aliphatic hydroxyl groups excluding tert-OH is 2. The Kier molecular flexibility index (Phi) is 6.22. The van der Waals surface area contributed by atoms with Gasteiger partial charge in [-0.05, 0) is 29.5 Å². The summed E-state index contributed by atoms with van der Waals surface area (Å²) in [6.07, 6.45) is 0.496. The molecule has 2 N–H and O–H groups in total. The Morgan fingerprint density at radius 1 is 1.28 bits per heavy atom. The molecule has 0 saturated heterocycles. The summed E-state index contributed by atoms with van der Waals surface area (Å²) in [4.78, 5) is 2.60. The minimum atomic E-state index is -0.936. The molecule has 5 nitrogen and oxygen atoms in total. The van der Waals surface area contributed by atoms with Crippen LogP contribution in [0.4, 0.5) is 0 Å². The first kappa shape index (κ1) is 14.5. The van der Waals surface area contributed by atoms with Gasteiger partial charge < -0.3 is 10.2 Å². The van der Waals surface area contributed by atoms with E-state index in [4.69, 9.17) is 5.53 Å². The van der Waals surface area contributed by atoms with Gasteiger partial charge in [0.05, 0.1) is 6.10 Å². The largest absolute Gasteiger partial charge is 0.390 e. The lowest BCUT2D eigenvalue weighted by Gasteiger charge is -2.17. The third-order valence-corrected chi connectivity index (χ3v) is 2.81. The molecule has 98 valence electrons. The number of rotatable bonds is 7. The van der Waals surface area contributed by atoms with Crippen LogP contribution in [-0.2, 0) is 6.42 Å². The molecule has 0 aliphatic carbocycles. The summed E-state index contributed by atoms with van der Waals surface area (Å²) in [6.45, 7) is 2.30. The molecule has 0 radical (unpaired) electrons. The molecule has 0 aliphatic heterocycles. The molecular formula is C13H19N3O2. The van der Waals surface area contributed by atoms with Gasteiger partial charge in [0.2, 0.25) is 0 Å². The van der Waals surface area contributed by atoms with Crippen molar-refractivity contribution in [2.24, 2.45) is 5.11 Å². The Hall–Kier alpha value is -1.55. The Labute approximate surface area is 107 Å². The molecule has 18 heavy (non-hydrogen) atoms. The van der Waals surface area contributed by atoms with Crippen LogP contribution in [0.15, 0.2) is 29.4 Å². The van der Waals surface area contributed by atoms with Crippen molar-refractivity contribution in [1.82, 2.24) is 0 Å². The van der Waals surface area contributed by atoms with E-state index in [2.05, 4.69) is 16.9 Å². The Balaban J connectivity index is 2.59. The van der Waals surface area contributed by atoms with Crippen LogP contribution in [0.25, 0.3) is 10.4 Å². The van der Waals surface area contributed by atoms with E-state index in [0.717, 1.165) is 12.8 Å². The lowest BCUT2D eigenvalue weighted by molar-refractivity contribution is 0.0150. The topological polar surface area (TPSA) is 89.2 Å². The quantitative estimate of drug-likeness (QED) is 0.442. The third-order valence-electron chi connectivity index (χ3n) is 2.81. The van der Waals surface area contributed by atoms with E-state index in [9.17, 15) is 10.2 Å². The molecule has 0 saturated carbocycles. The van der Waals surface area contributed by atoms with Crippen LogP contribution in [0, 0.1) is 0 Å². The van der Waals surface area contributed by atoms with Gasteiger partial charge in [-0.2, -0.15) is 0 Å². The van der Waals surface area contributed by atoms with Crippen LogP contribution in [-0.4, -0.2) is 22.9 Å². The number of aryl methyl sites for hydroxylation is 1. The molecule has 5 heteroatoms. The maximum Gasteiger partial charge on any atom is 0.105 e. The van der Waals surface area contributed by atoms with Crippen LogP contribution in [0.3, 0.4) is 0 Å². The van der Waals surface area contributed by atoms with Gasteiger partial charge >= 0.3 is 0 Å². The average Bonchev–Trinajstić information content (AvgIpc) is 2.39. The number of azide groups is 1. The van der Waals surface area contributed by atoms with E-state index in [-0.39, 0.29) is 13.0 Å². The molecule has 0 fully saturated rings. The lowest BCUT2D eigenvalue weighted by atomic mass is 10.00. The highest BCUT2D eigenvalue weighted by Gasteiger charge is 2.17. The van der Waals surface area contributed by atoms with Gasteiger partial charge in [-0.15, -0.1) is 0 Å². The molecule has 0 amide bonds. The normalized spacial score (nSPS) is 13.7. The van der Waals surface area contributed by atoms with Gasteiger partial charge in [0, 0.05) is 11.5 Å². The van der Waals surface area contributed by atoms with Crippen molar-refractivity contribution in [3.05, 3.63) is 45.8 Å². The van der Waals surface area contributed by atoms with Crippen LogP contribution in [0.2, 0.25) is 0 Å². The van der Waals surface area contributed by atoms with Crippen molar-refractivity contribution in [2.45, 2.75) is 38.4 Å². The number of benzene rings is 1. The molecule has 0 aromatic heterocycles. The van der Waals surface area contributed by atoms with Gasteiger partial charge in [0.15, 0.2) is 0 Å². The Morgan fingerprint density at radius 2 is 1.94 bits per heavy atom. The summed E-state index contributed by atoms with van der Waals surface area (Å²) in [5.74, 6) is 0. The monoisotopic (exact) mass is 249 g/mol. The first-order valence-electron chi connectivity index (χ1n) is 6.14. The molecule has 0 bridgehead atoms. The highest BCUT2D eigenvalue weighted by atomic mass is 16.3. The zero-order valence-electron chi connectivity index (χ0n) is 10.5. The molecule has 2 unspecified atom stereocenters. The molecule has 1 aromatic carbocycles. The summed E-state index contributed by atoms with van der Waals surface area (Å²) in [5, 5.41) is 23.0. The summed E-state index contributed by atoms with van der Waals surface area (Å²) >= 11 is 0. The van der Waals surface area contributed by atoms with Crippen LogP contribution in [0.5, 0.6) is 0 Å². The molecule has 2 atom stereocenters. The van der Waals surface area contributed by atoms with Crippen molar-refractivity contribution < 1.29 is 10.2 Å². The molecule has 0 spiro atoms. The highest BCUT2D eigenvalue weighted by molar-refractivity contribution is 5.24. The third kappa shape index (κ3) is 4.37. The summed E-state index contributed by atoms with van der Waals surface area (Å²) < 4.78 is 0. The van der Waals surface area contributed by atoms with E-state index in [0.29, 0.717) is 5.56 Å². The summed E-state index contributed by atoms with van der Waals surface area (Å²) in [5.41, 5.74) is 10.0. The molecule has 1 rings (SSSR count). The summed E-state index contributed by atoms with van der Waals surface area (Å²) in [7, 11) is 0. The minimum Gasteiger partial charge on any atom is -0.390 e. The summed E-state index contributed by atoms with van der Waals surface area (Å²) in [6, 6.07) is 7.57. The fourth-order valence-corrected chi connectivity index (χ4v) is 1.78. The van der Waals surface area contributed by atoms with Crippen molar-refractivity contribution in [2.75, 3.05) is 6.54 Å². The van der Waals surface area contributed by atoms with Gasteiger partial charge in [0.25, 0.3) is 0 Å². The second kappa shape index (κ2) is 7.71. The van der Waals surface area contributed by atoms with Crippen LogP contribution in [0.1, 0.15) is 37.0 Å². The second-order valence-electron chi connectivity index (χ2n) is 4.25. The number of hydrogen-bond acceptors (Lipinski definition) is 3. The zero-order chi connectivity index (χ0) is 13.4. The molecule has 0 heterocycles. The van der Waals surface area contributed by atoms with E-state index in [1.54, 1.807) is 0 Å². The van der Waals surface area contributed by atoms with Gasteiger partial charge in [-0.25, -0.2) is 0 Å². The van der Waals surface area contributed by atoms with E-state index < -0.39 is 12.2 Å². The zero-order valence-corrected chi connectivity index (χ0v) is 10.5. The fourth-order valence-electron chi connectivity index (χ4n) is 1.78. The number of aliphatic hydroxyl groups is 2. The SMILES string of the molecule is CCCc1ccc(C(O)C(O)CCN=[N+]=[N-])cc1. The van der Waals surface area contributed by atoms with Crippen molar-refractivity contribution in [3.8, 4) is 0 Å². The van der Waals surface area contributed by atoms with E-state index in [1.165, 1.54) is 5.56 Å². The standard InChI is InChI=1S/C13H19N3O2/c1-2-3-10-4-6-11(7-5-10)13(18)12(17)8-9-15-16-14/h4-7,12-13,17-18H,2-3,8-9H2,1H3. The van der Waals surface area contributed by atoms with Crippen molar-refractivity contribution >= 4 is 0 Å². The highest BCUT2D eigenvalue weighted by Crippen LogP contribution is 2.20. The predicted molar refractivity (Wildman–Crippen MR) is 70.0 cm³/mol. The Bertz CT molecular complexity index is 399. The van der Waals surface area contributed by atoms with E-state index >= 15 is 0 Å². The number of nitrogens with zero attached hydrogens (tertiary/aromatic N) is 3. The second-order valence-corrected chi connectivity index (χ2v) is 4.25. The van der Waals surface area contributed by atoms with E-state index in [1.807, 2.05) is 24.3 Å². The molecule has 0 aliphatic rings. The maximum absolute atomic E-state index is 9.92. The smallest absolute Gasteiger partial charge is 0.105 e. The lowest BCUT2D eigenvalue weighted by Crippen LogP contribution is -2.19. The van der Waals surface area contributed by atoms with Crippen LogP contribution < -0.4 is 0 Å². The van der Waals surface area contributed by atoms with Crippen molar-refractivity contribution in [3.63, 3.8) is 0 Å². The number of hydrogen-bond donors (Lipinski definition) is 2. The maximum atomic E-state index is 9.92. The fraction of sp³-hybridized carbons (Fsp3) is 0.538. The minimum absolute atomic E-state index is 0.183. The van der Waals surface area contributed by atoms with Gasteiger partial charge in [-0.1, -0.05) is 42.7 Å². The predicted octanol–water partition coefficient (Wildman–Crippen LogP) is 2.73. The van der Waals surface area contributed by atoms with Crippen molar-refractivity contribution in [1.29, 1.82) is 0 Å². The van der Waals surface area contributed by atoms with Gasteiger partial charge in [-0.3, -0.25) is 0 Å². The first-order chi connectivity index (χ1) is 8.69. The first-order valence-corrected chi connectivity index (χ1v) is 6.14. The van der Waals surface area contributed by atoms with Gasteiger partial charge in [0.1, 0.15) is 6.10 Å². The molecular weight excluding hydrogens is 230 g/mol. The molecule has 1 aromatic rings. The van der Waals surface area contributed by atoms with Crippen LogP contribution >= 0.6 is 0 Å².